The number of benzene rings is 2. The lowest BCUT2D eigenvalue weighted by molar-refractivity contribution is -0.221. The van der Waals surface area contributed by atoms with E-state index in [9.17, 15) is 64.5 Å². The van der Waals surface area contributed by atoms with Crippen LogP contribution in [0.3, 0.4) is 0 Å². The third-order valence-corrected chi connectivity index (χ3v) is 14.5. The molecule has 5 heterocycles. The van der Waals surface area contributed by atoms with E-state index >= 15 is 8.78 Å². The van der Waals surface area contributed by atoms with Gasteiger partial charge in [-0.05, 0) is 82.9 Å². The van der Waals surface area contributed by atoms with E-state index in [0.29, 0.717) is 80.0 Å². The summed E-state index contributed by atoms with van der Waals surface area (Å²) in [5.74, 6) is 0.239. The summed E-state index contributed by atoms with van der Waals surface area (Å²) in [6, 6.07) is 2.42. The molecule has 2 bridgehead atoms. The Morgan fingerprint density at radius 3 is 1.88 bits per heavy atom. The molecule has 19 nitrogen and oxygen atoms in total. The second-order valence-corrected chi connectivity index (χ2v) is 20.7. The van der Waals surface area contributed by atoms with E-state index in [1.165, 1.54) is 29.6 Å². The fourth-order valence-electron chi connectivity index (χ4n) is 9.50. The van der Waals surface area contributed by atoms with Crippen LogP contribution in [-0.4, -0.2) is 159 Å². The number of methoxy groups -OCH3 is 1. The third-order valence-electron chi connectivity index (χ3n) is 14.5. The number of carboxylic acid groups (broad SMARTS) is 1. The van der Waals surface area contributed by atoms with Gasteiger partial charge in [0.25, 0.3) is 5.91 Å². The predicted octanol–water partition coefficient (Wildman–Crippen LogP) is 5.92. The lowest BCUT2D eigenvalue weighted by atomic mass is 9.82. The van der Waals surface area contributed by atoms with Crippen molar-refractivity contribution >= 4 is 29.9 Å². The van der Waals surface area contributed by atoms with E-state index in [-0.39, 0.29) is 21.5 Å². The molecule has 3 fully saturated rings. The number of alkyl halides is 8. The van der Waals surface area contributed by atoms with Gasteiger partial charge in [-0.1, -0.05) is 24.0 Å². The number of alkyl carbamates (subject to hydrolysis) is 1. The van der Waals surface area contributed by atoms with Crippen molar-refractivity contribution in [3.05, 3.63) is 94.9 Å². The molecule has 3 aliphatic rings. The molecule has 0 spiro atoms. The molecule has 3 saturated heterocycles. The summed E-state index contributed by atoms with van der Waals surface area (Å²) in [7, 11) is 0.808. The number of hydrazine groups is 1. The highest BCUT2D eigenvalue weighted by molar-refractivity contribution is 5.87. The number of aliphatic hydroxyl groups is 1. The summed E-state index contributed by atoms with van der Waals surface area (Å²) >= 11 is 0. The Hall–Kier alpha value is -7.29. The van der Waals surface area contributed by atoms with Gasteiger partial charge in [-0.2, -0.15) is 40.2 Å². The topological polar surface area (TPSA) is 229 Å². The second-order valence-electron chi connectivity index (χ2n) is 20.7. The van der Waals surface area contributed by atoms with Crippen molar-refractivity contribution < 1.29 is 82.8 Å². The Morgan fingerprint density at radius 2 is 1.38 bits per heavy atom. The van der Waals surface area contributed by atoms with Crippen molar-refractivity contribution in [1.29, 1.82) is 0 Å². The van der Waals surface area contributed by atoms with Crippen LogP contribution in [0.2, 0.25) is 0 Å². The van der Waals surface area contributed by atoms with Crippen LogP contribution >= 0.6 is 0 Å². The number of carbonyl (C=O) groups is 4. The highest BCUT2D eigenvalue weighted by Gasteiger charge is 2.57. The summed E-state index contributed by atoms with van der Waals surface area (Å²) in [6.07, 6.45) is -10.6. The summed E-state index contributed by atoms with van der Waals surface area (Å²) in [5, 5.41) is 31.1. The van der Waals surface area contributed by atoms with Crippen LogP contribution in [0.25, 0.3) is 11.3 Å². The molecule has 6 N–H and O–H groups in total. The standard InChI is InChI=1S/C51H57F10N11O8/c1-48(2,50(56,57)58)40(66-47(78)79-5)42(74)64-38(16-28-9-6-27(7-10-28)8-11-29-19-62-45(63-20-29)69-21-31-12-13-32(22-69)72(31)33-25-80-26-33)39(73)24-70(68-43(75)41(65-46(76)77)49(3,4)51(59,60)61)23-34-35(52)17-30(18-36(34)53)37-14-15-71(67-37)44(54)55/h6-7,9-10,14-15,17-20,31-33,38-41,44,65,73H,12-13,16,21-26H2,1-5H3,(H,64,74)(H,66,78)(H,68,75)(H,76,77)/t31?,32?,38-,39-,40+,41+/m0/s1. The number of piperazine rings is 1. The molecule has 0 saturated carbocycles. The van der Waals surface area contributed by atoms with Crippen LogP contribution in [0.1, 0.15) is 69.3 Å². The molecule has 80 heavy (non-hydrogen) atoms. The van der Waals surface area contributed by atoms with E-state index in [2.05, 4.69) is 46.8 Å². The first-order chi connectivity index (χ1) is 37.5. The minimum atomic E-state index is -5.29. The highest BCUT2D eigenvalue weighted by Crippen LogP contribution is 2.42. The molecule has 4 amide bonds. The molecule has 0 aliphatic carbocycles. The van der Waals surface area contributed by atoms with Gasteiger partial charge in [0.05, 0.1) is 60.6 Å². The van der Waals surface area contributed by atoms with Gasteiger partial charge >= 0.3 is 31.1 Å². The van der Waals surface area contributed by atoms with Gasteiger partial charge in [0.1, 0.15) is 23.7 Å². The minimum Gasteiger partial charge on any atom is -0.465 e. The van der Waals surface area contributed by atoms with Gasteiger partial charge in [0.2, 0.25) is 11.9 Å². The fraction of sp³-hybridized carbons (Fsp3) is 0.510. The number of carbonyl (C=O) groups excluding carboxylic acids is 3. The first-order valence-electron chi connectivity index (χ1n) is 24.8. The zero-order valence-electron chi connectivity index (χ0n) is 43.5. The van der Waals surface area contributed by atoms with Gasteiger partial charge < -0.3 is 40.5 Å². The Morgan fingerprint density at radius 1 is 0.812 bits per heavy atom. The number of fused-ring (bicyclic) bond motifs is 2. The van der Waals surface area contributed by atoms with Crippen molar-refractivity contribution in [1.82, 2.24) is 51.0 Å². The number of hydrogen-bond acceptors (Lipinski definition) is 13. The Labute approximate surface area is 451 Å². The Kier molecular flexibility index (Phi) is 18.3. The zero-order chi connectivity index (χ0) is 58.6. The maximum absolute atomic E-state index is 16.0. The zero-order valence-corrected chi connectivity index (χ0v) is 43.5. The average Bonchev–Trinajstić information content (AvgIpc) is 3.96. The van der Waals surface area contributed by atoms with Crippen molar-refractivity contribution in [2.45, 2.75) is 115 Å². The smallest absolute Gasteiger partial charge is 0.407 e. The SMILES string of the molecule is COC(=O)N[C@H](C(=O)N[C@@H](Cc1ccc(C#Cc2cnc(N3CC4CCC(C3)N4C3COC3)nc2)cc1)[C@@H](O)CN(Cc1c(F)cc(-c2ccn(C(F)F)n2)cc1F)NC(=O)[C@@H](NC(=O)O)C(C)(C)C(F)(F)F)C(C)(C)C(F)(F)F. The van der Waals surface area contributed by atoms with Gasteiger partial charge in [-0.3, -0.25) is 19.9 Å². The molecule has 7 rings (SSSR count). The average molecular weight is 1140 g/mol. The Bertz CT molecular complexity index is 2890. The van der Waals surface area contributed by atoms with E-state index in [1.54, 1.807) is 12.4 Å². The van der Waals surface area contributed by atoms with E-state index < -0.39 is 115 Å². The lowest BCUT2D eigenvalue weighted by Gasteiger charge is -2.47. The fourth-order valence-corrected chi connectivity index (χ4v) is 9.50. The van der Waals surface area contributed by atoms with Crippen LogP contribution < -0.4 is 26.3 Å². The number of nitrogens with one attached hydrogen (secondary N) is 4. The molecule has 0 radical (unpaired) electrons. The normalized spacial score (nSPS) is 18.6. The maximum Gasteiger partial charge on any atom is 0.407 e. The van der Waals surface area contributed by atoms with Gasteiger partial charge in [-0.25, -0.2) is 38.0 Å². The molecular weight excluding hydrogens is 1080 g/mol. The quantitative estimate of drug-likeness (QED) is 0.0364. The largest absolute Gasteiger partial charge is 0.465 e. The number of nitrogens with zero attached hydrogens (tertiary/aromatic N) is 7. The summed E-state index contributed by atoms with van der Waals surface area (Å²) < 4.78 is 155. The number of ether oxygens (including phenoxy) is 2. The number of amides is 4. The second kappa shape index (κ2) is 24.2. The van der Waals surface area contributed by atoms with Crippen LogP contribution in [0.5, 0.6) is 0 Å². The molecule has 29 heteroatoms. The third kappa shape index (κ3) is 13.8. The molecule has 4 aromatic rings. The van der Waals surface area contributed by atoms with Gasteiger partial charge in [0, 0.05) is 73.5 Å². The minimum absolute atomic E-state index is 0.186. The van der Waals surface area contributed by atoms with E-state index in [1.807, 2.05) is 10.7 Å². The number of anilines is 1. The number of aliphatic hydroxyl groups excluding tert-OH is 1. The lowest BCUT2D eigenvalue weighted by Crippen LogP contribution is -2.63. The first kappa shape index (κ1) is 60.4. The molecular formula is C51H57F10N11O8. The highest BCUT2D eigenvalue weighted by atomic mass is 19.4. The number of rotatable bonds is 19. The Balaban J connectivity index is 1.18. The molecule has 2 aromatic carbocycles. The molecule has 2 aromatic heterocycles. The maximum atomic E-state index is 16.0. The summed E-state index contributed by atoms with van der Waals surface area (Å²) in [6.45, 7) is -0.389. The monoisotopic (exact) mass is 1140 g/mol. The molecule has 2 unspecified atom stereocenters. The summed E-state index contributed by atoms with van der Waals surface area (Å²) in [5.41, 5.74) is -4.84. The molecule has 3 aliphatic heterocycles. The molecule has 6 atom stereocenters. The number of halogens is 10. The van der Waals surface area contributed by atoms with Gasteiger partial charge in [0.15, 0.2) is 0 Å². The van der Waals surface area contributed by atoms with Crippen LogP contribution in [0.15, 0.2) is 61.1 Å². The number of aromatic nitrogens is 4. The van der Waals surface area contributed by atoms with Crippen molar-refractivity contribution in [2.75, 3.05) is 44.9 Å². The van der Waals surface area contributed by atoms with E-state index in [4.69, 9.17) is 4.74 Å². The molecule has 434 valence electrons. The first-order valence-corrected chi connectivity index (χ1v) is 24.8. The van der Waals surface area contributed by atoms with Crippen molar-refractivity contribution in [2.24, 2.45) is 10.8 Å². The van der Waals surface area contributed by atoms with Crippen LogP contribution in [0, 0.1) is 34.3 Å². The van der Waals surface area contributed by atoms with E-state index in [0.717, 1.165) is 58.5 Å². The van der Waals surface area contributed by atoms with Gasteiger partial charge in [-0.15, -0.1) is 0 Å². The predicted molar refractivity (Wildman–Crippen MR) is 263 cm³/mol. The van der Waals surface area contributed by atoms with Crippen molar-refractivity contribution in [3.63, 3.8) is 0 Å². The van der Waals surface area contributed by atoms with Crippen LogP contribution in [-0.2, 0) is 32.0 Å². The number of hydrogen-bond donors (Lipinski definition) is 6. The summed E-state index contributed by atoms with van der Waals surface area (Å²) in [4.78, 5) is 65.8. The van der Waals surface area contributed by atoms with Crippen LogP contribution in [0.4, 0.5) is 59.4 Å². The van der Waals surface area contributed by atoms with Crippen molar-refractivity contribution in [3.8, 4) is 23.1 Å².